The second-order valence-corrected chi connectivity index (χ2v) is 11.3. The summed E-state index contributed by atoms with van der Waals surface area (Å²) >= 11 is 0. The van der Waals surface area contributed by atoms with Crippen molar-refractivity contribution in [2.45, 2.75) is 66.8 Å². The van der Waals surface area contributed by atoms with E-state index in [4.69, 9.17) is 24.7 Å². The average molecular weight is 530 g/mol. The van der Waals surface area contributed by atoms with Crippen LogP contribution < -0.4 is 11.5 Å². The van der Waals surface area contributed by atoms with Crippen molar-refractivity contribution in [3.05, 3.63) is 35.9 Å². The normalized spacial score (nSPS) is 14.1. The highest BCUT2D eigenvalue weighted by Gasteiger charge is 2.40. The zero-order chi connectivity index (χ0) is 27.7. The van der Waals surface area contributed by atoms with Gasteiger partial charge in [0.2, 0.25) is 5.91 Å². The second kappa shape index (κ2) is 13.0. The molecule has 1 rings (SSSR count). The number of hydrogen-bond acceptors (Lipinski definition) is 8. The summed E-state index contributed by atoms with van der Waals surface area (Å²) in [5.74, 6) is -1.40. The predicted octanol–water partition coefficient (Wildman–Crippen LogP) is 3.15. The minimum Gasteiger partial charge on any atom is -0.462 e. The predicted molar refractivity (Wildman–Crippen MR) is 133 cm³/mol. The van der Waals surface area contributed by atoms with E-state index in [9.17, 15) is 22.8 Å². The van der Waals surface area contributed by atoms with Crippen LogP contribution in [-0.2, 0) is 28.4 Å². The topological polar surface area (TPSA) is 168 Å². The van der Waals surface area contributed by atoms with Gasteiger partial charge in [0.05, 0.1) is 24.8 Å². The van der Waals surface area contributed by atoms with Crippen LogP contribution in [0.15, 0.2) is 30.3 Å². The molecule has 36 heavy (non-hydrogen) atoms. The number of hydroxylamine groups is 2. The molecule has 2 atom stereocenters. The Kier molecular flexibility index (Phi) is 11.3. The van der Waals surface area contributed by atoms with Crippen molar-refractivity contribution in [3.8, 4) is 0 Å². The second-order valence-electron chi connectivity index (χ2n) is 10.1. The summed E-state index contributed by atoms with van der Waals surface area (Å²) < 4.78 is 40.4. The Hall–Kier alpha value is -2.70. The monoisotopic (exact) mass is 529 g/mol. The summed E-state index contributed by atoms with van der Waals surface area (Å²) in [6.45, 7) is 10.1. The third kappa shape index (κ3) is 9.40. The van der Waals surface area contributed by atoms with Gasteiger partial charge in [0.1, 0.15) is 0 Å². The van der Waals surface area contributed by atoms with E-state index in [2.05, 4.69) is 0 Å². The molecule has 0 aromatic heterocycles. The summed E-state index contributed by atoms with van der Waals surface area (Å²) in [4.78, 5) is 35.6. The maximum absolute atomic E-state index is 12.5. The Morgan fingerprint density at radius 2 is 1.53 bits per heavy atom. The highest BCUT2D eigenvalue weighted by Crippen LogP contribution is 2.39. The molecule has 0 aliphatic heterocycles. The summed E-state index contributed by atoms with van der Waals surface area (Å²) in [6, 6.07) is 6.60. The number of hydrogen-bond donors (Lipinski definition) is 2. The molecule has 1 aromatic rings. The first kappa shape index (κ1) is 31.3. The number of urea groups is 1. The quantitative estimate of drug-likeness (QED) is 0.258. The van der Waals surface area contributed by atoms with Gasteiger partial charge >= 0.3 is 22.4 Å². The van der Waals surface area contributed by atoms with E-state index < -0.39 is 51.1 Å². The van der Waals surface area contributed by atoms with Crippen LogP contribution in [0, 0.1) is 16.7 Å². The van der Waals surface area contributed by atoms with E-state index in [1.54, 1.807) is 51.1 Å². The summed E-state index contributed by atoms with van der Waals surface area (Å²) in [7, 11) is -4.67. The van der Waals surface area contributed by atoms with Gasteiger partial charge in [-0.3, -0.25) is 4.79 Å². The Labute approximate surface area is 213 Å². The SMILES string of the molecule is CC[C@@H](CC[C@H](C)N(OS(=O)(=O)OCC(C)(C)C(C)(C)COC(=O)c1ccccc1)C(N)=O)C(N)=O. The first-order chi connectivity index (χ1) is 16.5. The zero-order valence-corrected chi connectivity index (χ0v) is 22.7. The number of carbonyl (C=O) groups excluding carboxylic acids is 3. The first-order valence-electron chi connectivity index (χ1n) is 11.7. The number of benzene rings is 1. The number of esters is 1. The lowest BCUT2D eigenvalue weighted by Gasteiger charge is -2.40. The molecule has 0 radical (unpaired) electrons. The van der Waals surface area contributed by atoms with E-state index in [0.717, 1.165) is 0 Å². The third-order valence-corrected chi connectivity index (χ3v) is 7.34. The number of nitrogens with two attached hydrogens (primary N) is 2. The van der Waals surface area contributed by atoms with E-state index in [1.165, 1.54) is 6.92 Å². The molecule has 12 heteroatoms. The number of nitrogens with zero attached hydrogens (tertiary/aromatic N) is 1. The molecular weight excluding hydrogens is 490 g/mol. The molecule has 0 bridgehead atoms. The van der Waals surface area contributed by atoms with Gasteiger partial charge in [-0.25, -0.2) is 13.8 Å². The zero-order valence-electron chi connectivity index (χ0n) is 21.9. The summed E-state index contributed by atoms with van der Waals surface area (Å²) in [6.07, 6.45) is 1.06. The third-order valence-electron chi connectivity index (χ3n) is 6.59. The molecule has 1 aromatic carbocycles. The van der Waals surface area contributed by atoms with Crippen molar-refractivity contribution < 1.29 is 36.0 Å². The number of rotatable bonds is 15. The van der Waals surface area contributed by atoms with Crippen molar-refractivity contribution in [2.24, 2.45) is 28.2 Å². The molecule has 0 saturated carbocycles. The van der Waals surface area contributed by atoms with Gasteiger partial charge in [-0.2, -0.15) is 13.5 Å². The van der Waals surface area contributed by atoms with Crippen molar-refractivity contribution in [3.63, 3.8) is 0 Å². The van der Waals surface area contributed by atoms with Crippen LogP contribution in [-0.4, -0.2) is 50.6 Å². The van der Waals surface area contributed by atoms with E-state index in [-0.39, 0.29) is 19.6 Å². The van der Waals surface area contributed by atoms with Gasteiger partial charge in [0, 0.05) is 11.3 Å². The molecule has 0 saturated heterocycles. The van der Waals surface area contributed by atoms with Crippen LogP contribution >= 0.6 is 0 Å². The van der Waals surface area contributed by atoms with Gasteiger partial charge in [-0.1, -0.05) is 52.8 Å². The summed E-state index contributed by atoms with van der Waals surface area (Å²) in [5, 5.41) is 0.503. The van der Waals surface area contributed by atoms with Gasteiger partial charge in [0.25, 0.3) is 0 Å². The fourth-order valence-electron chi connectivity index (χ4n) is 3.07. The lowest BCUT2D eigenvalue weighted by molar-refractivity contribution is -0.122. The molecule has 3 amide bonds. The van der Waals surface area contributed by atoms with Gasteiger partial charge in [-0.05, 0) is 43.7 Å². The summed E-state index contributed by atoms with van der Waals surface area (Å²) in [5.41, 5.74) is 9.54. The van der Waals surface area contributed by atoms with Crippen LogP contribution in [0.3, 0.4) is 0 Å². The van der Waals surface area contributed by atoms with E-state index >= 15 is 0 Å². The molecule has 11 nitrogen and oxygen atoms in total. The van der Waals surface area contributed by atoms with Crippen molar-refractivity contribution >= 4 is 28.3 Å². The number of amides is 3. The Balaban J connectivity index is 2.77. The molecule has 204 valence electrons. The molecular formula is C24H39N3O8S. The Morgan fingerprint density at radius 1 is 0.972 bits per heavy atom. The Bertz CT molecular complexity index is 996. The highest BCUT2D eigenvalue weighted by molar-refractivity contribution is 7.81. The minimum atomic E-state index is -4.67. The molecule has 0 aliphatic carbocycles. The largest absolute Gasteiger partial charge is 0.462 e. The van der Waals surface area contributed by atoms with Crippen LogP contribution in [0.5, 0.6) is 0 Å². The van der Waals surface area contributed by atoms with Crippen LogP contribution in [0.1, 0.15) is 71.2 Å². The number of primary amides is 2. The standard InChI is InChI=1S/C24H39N3O8S/c1-7-18(20(25)28)14-13-17(2)27(22(26)30)35-36(31,32)34-16-24(5,6)23(3,4)15-33-21(29)19-11-9-8-10-12-19/h8-12,17-18H,7,13-16H2,1-6H3,(H2,25,28)(H2,26,30)/t17-,18-/m0/s1. The van der Waals surface area contributed by atoms with Crippen LogP contribution in [0.25, 0.3) is 0 Å². The van der Waals surface area contributed by atoms with Crippen LogP contribution in [0.2, 0.25) is 0 Å². The van der Waals surface area contributed by atoms with Crippen LogP contribution in [0.4, 0.5) is 4.79 Å². The molecule has 4 N–H and O–H groups in total. The average Bonchev–Trinajstić information content (AvgIpc) is 2.80. The molecule has 0 unspecified atom stereocenters. The van der Waals surface area contributed by atoms with Crippen molar-refractivity contribution in [1.82, 2.24) is 5.06 Å². The molecule has 0 spiro atoms. The van der Waals surface area contributed by atoms with Crippen molar-refractivity contribution in [1.29, 1.82) is 0 Å². The number of ether oxygens (including phenoxy) is 1. The molecule has 0 fully saturated rings. The first-order valence-corrected chi connectivity index (χ1v) is 13.1. The fraction of sp³-hybridized carbons (Fsp3) is 0.625. The number of carbonyl (C=O) groups is 3. The fourth-order valence-corrected chi connectivity index (χ4v) is 3.97. The molecule has 0 heterocycles. The lowest BCUT2D eigenvalue weighted by atomic mass is 9.69. The van der Waals surface area contributed by atoms with Gasteiger partial charge in [-0.15, -0.1) is 4.28 Å². The molecule has 0 aliphatic rings. The highest BCUT2D eigenvalue weighted by atomic mass is 32.3. The van der Waals surface area contributed by atoms with Gasteiger partial charge in [0.15, 0.2) is 0 Å². The Morgan fingerprint density at radius 3 is 2.03 bits per heavy atom. The maximum atomic E-state index is 12.5. The lowest BCUT2D eigenvalue weighted by Crippen LogP contribution is -2.45. The maximum Gasteiger partial charge on any atom is 0.421 e. The van der Waals surface area contributed by atoms with Gasteiger partial charge < -0.3 is 16.2 Å². The van der Waals surface area contributed by atoms with Crippen molar-refractivity contribution in [2.75, 3.05) is 13.2 Å². The smallest absolute Gasteiger partial charge is 0.421 e. The van der Waals surface area contributed by atoms with E-state index in [1.807, 2.05) is 13.8 Å². The van der Waals surface area contributed by atoms with E-state index in [0.29, 0.717) is 23.5 Å². The minimum absolute atomic E-state index is 0.000889.